The molecule has 0 aliphatic rings. The van der Waals surface area contributed by atoms with Crippen molar-refractivity contribution in [2.24, 2.45) is 0 Å². The second kappa shape index (κ2) is 4.96. The van der Waals surface area contributed by atoms with E-state index in [1.165, 1.54) is 42.5 Å². The Morgan fingerprint density at radius 2 is 1.67 bits per heavy atom. The Hall–Kier alpha value is -2.23. The van der Waals surface area contributed by atoms with Gasteiger partial charge in [-0.05, 0) is 23.8 Å². The van der Waals surface area contributed by atoms with E-state index in [4.69, 9.17) is 5.11 Å². The number of halogens is 2. The predicted octanol–water partition coefficient (Wildman–Crippen LogP) is 3.58. The number of carbonyl (C=O) groups is 1. The van der Waals surface area contributed by atoms with Crippen LogP contribution in [-0.4, -0.2) is 11.1 Å². The van der Waals surface area contributed by atoms with Crippen LogP contribution >= 0.6 is 0 Å². The molecule has 0 amide bonds. The molecule has 18 heavy (non-hydrogen) atoms. The van der Waals surface area contributed by atoms with Gasteiger partial charge in [-0.25, -0.2) is 13.6 Å². The summed E-state index contributed by atoms with van der Waals surface area (Å²) in [6.45, 7) is 0. The van der Waals surface area contributed by atoms with Crippen LogP contribution in [0.3, 0.4) is 0 Å². The molecule has 0 fully saturated rings. The standard InChI is InChI=1S/C14H10F2O2/c15-12-4-2-1-3-11(12)13(16)9-5-7-10(8-6-9)14(17)18/h1-8,13H,(H,17,18). The number of alkyl halides is 1. The fraction of sp³-hybridized carbons (Fsp3) is 0.0714. The predicted molar refractivity (Wildman–Crippen MR) is 62.8 cm³/mol. The highest BCUT2D eigenvalue weighted by Gasteiger charge is 2.16. The second-order valence-corrected chi connectivity index (χ2v) is 3.81. The summed E-state index contributed by atoms with van der Waals surface area (Å²) in [6, 6.07) is 10.9. The Kier molecular flexibility index (Phi) is 3.37. The van der Waals surface area contributed by atoms with Gasteiger partial charge in [0.15, 0.2) is 6.17 Å². The highest BCUT2D eigenvalue weighted by Crippen LogP contribution is 2.28. The maximum Gasteiger partial charge on any atom is 0.335 e. The molecule has 0 aliphatic carbocycles. The summed E-state index contributed by atoms with van der Waals surface area (Å²) in [4.78, 5) is 10.7. The van der Waals surface area contributed by atoms with Crippen molar-refractivity contribution in [1.29, 1.82) is 0 Å². The number of aromatic carboxylic acids is 1. The van der Waals surface area contributed by atoms with E-state index >= 15 is 0 Å². The Morgan fingerprint density at radius 1 is 1.06 bits per heavy atom. The average molecular weight is 248 g/mol. The number of hydrogen-bond acceptors (Lipinski definition) is 1. The first-order valence-corrected chi connectivity index (χ1v) is 5.31. The van der Waals surface area contributed by atoms with Gasteiger partial charge in [0, 0.05) is 5.56 Å². The molecule has 0 saturated heterocycles. The largest absolute Gasteiger partial charge is 0.478 e. The van der Waals surface area contributed by atoms with Crippen molar-refractivity contribution < 1.29 is 18.7 Å². The summed E-state index contributed by atoms with van der Waals surface area (Å²) in [5, 5.41) is 8.72. The number of hydrogen-bond donors (Lipinski definition) is 1. The molecule has 0 saturated carbocycles. The van der Waals surface area contributed by atoms with Gasteiger partial charge in [0.1, 0.15) is 5.82 Å². The molecule has 1 atom stereocenters. The first-order valence-electron chi connectivity index (χ1n) is 5.31. The van der Waals surface area contributed by atoms with Crippen molar-refractivity contribution in [3.8, 4) is 0 Å². The van der Waals surface area contributed by atoms with Crippen LogP contribution in [0, 0.1) is 5.82 Å². The molecule has 0 bridgehead atoms. The van der Waals surface area contributed by atoms with Gasteiger partial charge >= 0.3 is 5.97 Å². The van der Waals surface area contributed by atoms with Gasteiger partial charge in [-0.3, -0.25) is 0 Å². The molecule has 92 valence electrons. The van der Waals surface area contributed by atoms with Gasteiger partial charge < -0.3 is 5.11 Å². The Bertz CT molecular complexity index is 564. The zero-order valence-electron chi connectivity index (χ0n) is 9.31. The van der Waals surface area contributed by atoms with Crippen LogP contribution in [0.25, 0.3) is 0 Å². The normalized spacial score (nSPS) is 12.1. The third-order valence-electron chi connectivity index (χ3n) is 2.63. The second-order valence-electron chi connectivity index (χ2n) is 3.81. The van der Waals surface area contributed by atoms with Crippen LogP contribution < -0.4 is 0 Å². The van der Waals surface area contributed by atoms with Crippen molar-refractivity contribution in [3.63, 3.8) is 0 Å². The molecule has 2 aromatic carbocycles. The molecule has 4 heteroatoms. The quantitative estimate of drug-likeness (QED) is 0.901. The smallest absolute Gasteiger partial charge is 0.335 e. The maximum absolute atomic E-state index is 14.1. The van der Waals surface area contributed by atoms with E-state index in [0.717, 1.165) is 0 Å². The van der Waals surface area contributed by atoms with Crippen molar-refractivity contribution >= 4 is 5.97 Å². The van der Waals surface area contributed by atoms with Crippen molar-refractivity contribution in [3.05, 3.63) is 71.0 Å². The third kappa shape index (κ3) is 2.37. The van der Waals surface area contributed by atoms with Crippen molar-refractivity contribution in [2.45, 2.75) is 6.17 Å². The van der Waals surface area contributed by atoms with Gasteiger partial charge in [-0.1, -0.05) is 30.3 Å². The van der Waals surface area contributed by atoms with E-state index in [0.29, 0.717) is 0 Å². The van der Waals surface area contributed by atoms with Crippen molar-refractivity contribution in [2.75, 3.05) is 0 Å². The molecule has 1 N–H and O–H groups in total. The Labute approximate surface area is 103 Å². The molecule has 0 aromatic heterocycles. The van der Waals surface area contributed by atoms with Crippen molar-refractivity contribution in [1.82, 2.24) is 0 Å². The lowest BCUT2D eigenvalue weighted by Crippen LogP contribution is -2.00. The molecular formula is C14H10F2O2. The zero-order valence-corrected chi connectivity index (χ0v) is 9.31. The van der Waals surface area contributed by atoms with Gasteiger partial charge in [-0.2, -0.15) is 0 Å². The van der Waals surface area contributed by atoms with E-state index in [1.807, 2.05) is 0 Å². The summed E-state index contributed by atoms with van der Waals surface area (Å²) < 4.78 is 27.5. The number of carboxylic acid groups (broad SMARTS) is 1. The first kappa shape index (κ1) is 12.2. The fourth-order valence-electron chi connectivity index (χ4n) is 1.65. The van der Waals surface area contributed by atoms with E-state index in [-0.39, 0.29) is 16.7 Å². The lowest BCUT2D eigenvalue weighted by atomic mass is 10.0. The summed E-state index contributed by atoms with van der Waals surface area (Å²) in [6.07, 6.45) is -1.60. The SMILES string of the molecule is O=C(O)c1ccc(C(F)c2ccccc2F)cc1. The van der Waals surface area contributed by atoms with Gasteiger partial charge in [0.25, 0.3) is 0 Å². The molecule has 0 aliphatic heterocycles. The lowest BCUT2D eigenvalue weighted by Gasteiger charge is -2.10. The van der Waals surface area contributed by atoms with E-state index in [9.17, 15) is 13.6 Å². The number of carboxylic acids is 1. The maximum atomic E-state index is 14.1. The van der Waals surface area contributed by atoms with Crippen LogP contribution in [0.15, 0.2) is 48.5 Å². The van der Waals surface area contributed by atoms with Gasteiger partial charge in [0.05, 0.1) is 5.56 Å². The zero-order chi connectivity index (χ0) is 13.1. The molecule has 0 heterocycles. The van der Waals surface area contributed by atoms with Crippen LogP contribution in [-0.2, 0) is 0 Å². The Balaban J connectivity index is 2.32. The number of rotatable bonds is 3. The summed E-state index contributed by atoms with van der Waals surface area (Å²) >= 11 is 0. The molecular weight excluding hydrogens is 238 g/mol. The lowest BCUT2D eigenvalue weighted by molar-refractivity contribution is 0.0697. The van der Waals surface area contributed by atoms with E-state index in [2.05, 4.69) is 0 Å². The highest BCUT2D eigenvalue weighted by molar-refractivity contribution is 5.87. The Morgan fingerprint density at radius 3 is 2.22 bits per heavy atom. The summed E-state index contributed by atoms with van der Waals surface area (Å²) in [5.41, 5.74) is 0.241. The van der Waals surface area contributed by atoms with Crippen LogP contribution in [0.1, 0.15) is 27.7 Å². The molecule has 0 radical (unpaired) electrons. The minimum atomic E-state index is -1.60. The first-order chi connectivity index (χ1) is 8.59. The highest BCUT2D eigenvalue weighted by atomic mass is 19.1. The minimum Gasteiger partial charge on any atom is -0.478 e. The molecule has 0 spiro atoms. The molecule has 1 unspecified atom stereocenters. The third-order valence-corrected chi connectivity index (χ3v) is 2.63. The fourth-order valence-corrected chi connectivity index (χ4v) is 1.65. The van der Waals surface area contributed by atoms with Gasteiger partial charge in [0.2, 0.25) is 0 Å². The monoisotopic (exact) mass is 248 g/mol. The number of benzene rings is 2. The molecule has 2 rings (SSSR count). The van der Waals surface area contributed by atoms with Crippen LogP contribution in [0.5, 0.6) is 0 Å². The molecule has 2 aromatic rings. The summed E-state index contributed by atoms with van der Waals surface area (Å²) in [5.74, 6) is -1.70. The van der Waals surface area contributed by atoms with Gasteiger partial charge in [-0.15, -0.1) is 0 Å². The average Bonchev–Trinajstić information content (AvgIpc) is 2.38. The topological polar surface area (TPSA) is 37.3 Å². The van der Waals surface area contributed by atoms with E-state index in [1.54, 1.807) is 6.07 Å². The van der Waals surface area contributed by atoms with Crippen LogP contribution in [0.4, 0.5) is 8.78 Å². The van der Waals surface area contributed by atoms with E-state index < -0.39 is 18.0 Å². The van der Waals surface area contributed by atoms with Crippen LogP contribution in [0.2, 0.25) is 0 Å². The minimum absolute atomic E-state index is 0.0550. The molecule has 2 nitrogen and oxygen atoms in total. The summed E-state index contributed by atoms with van der Waals surface area (Å²) in [7, 11) is 0.